The summed E-state index contributed by atoms with van der Waals surface area (Å²) >= 11 is 6.12. The molecule has 108 valence electrons. The molecule has 21 heavy (non-hydrogen) atoms. The summed E-state index contributed by atoms with van der Waals surface area (Å²) in [7, 11) is 0. The van der Waals surface area contributed by atoms with Crippen LogP contribution < -0.4 is 4.74 Å². The predicted octanol–water partition coefficient (Wildman–Crippen LogP) is 4.23. The van der Waals surface area contributed by atoms with Crippen LogP contribution in [0.25, 0.3) is 0 Å². The Labute approximate surface area is 129 Å². The number of benzene rings is 1. The van der Waals surface area contributed by atoms with E-state index in [2.05, 4.69) is 16.3 Å². The monoisotopic (exact) mass is 301 g/mol. The Morgan fingerprint density at radius 1 is 1.24 bits per heavy atom. The molecular formula is C16H16ClN3O. The van der Waals surface area contributed by atoms with E-state index in [4.69, 9.17) is 16.3 Å². The third-order valence-electron chi connectivity index (χ3n) is 3.22. The molecule has 0 aliphatic rings. The van der Waals surface area contributed by atoms with E-state index in [1.807, 2.05) is 32.9 Å². The fourth-order valence-corrected chi connectivity index (χ4v) is 2.29. The lowest BCUT2D eigenvalue weighted by molar-refractivity contribution is 0.450. The summed E-state index contributed by atoms with van der Waals surface area (Å²) in [5, 5.41) is 18.1. The number of hydrogen-bond donors (Lipinski definition) is 0. The Balaban J connectivity index is 2.50. The third-order valence-corrected chi connectivity index (χ3v) is 3.53. The molecule has 0 unspecified atom stereocenters. The van der Waals surface area contributed by atoms with Crippen molar-refractivity contribution in [3.8, 4) is 17.7 Å². The van der Waals surface area contributed by atoms with Gasteiger partial charge in [-0.3, -0.25) is 0 Å². The Hall–Kier alpha value is -2.12. The number of aryl methyl sites for hydroxylation is 2. The minimum atomic E-state index is 0.207. The summed E-state index contributed by atoms with van der Waals surface area (Å²) in [6.07, 6.45) is 1.44. The summed E-state index contributed by atoms with van der Waals surface area (Å²) in [5.74, 6) is 0.688. The van der Waals surface area contributed by atoms with Crippen LogP contribution in [0.5, 0.6) is 11.6 Å². The molecule has 0 bridgehead atoms. The SMILES string of the molecule is CCc1nnc(Oc2cc(C)ccc2Cl)c(C#N)c1CC. The zero-order chi connectivity index (χ0) is 15.4. The molecular weight excluding hydrogens is 286 g/mol. The van der Waals surface area contributed by atoms with E-state index in [1.165, 1.54) is 0 Å². The van der Waals surface area contributed by atoms with Crippen molar-refractivity contribution in [1.82, 2.24) is 10.2 Å². The molecule has 0 spiro atoms. The van der Waals surface area contributed by atoms with E-state index in [0.717, 1.165) is 23.2 Å². The van der Waals surface area contributed by atoms with Crippen molar-refractivity contribution < 1.29 is 4.74 Å². The minimum Gasteiger partial charge on any atom is -0.435 e. The largest absolute Gasteiger partial charge is 0.435 e. The van der Waals surface area contributed by atoms with Gasteiger partial charge in [0.25, 0.3) is 5.88 Å². The highest BCUT2D eigenvalue weighted by Gasteiger charge is 2.17. The van der Waals surface area contributed by atoms with Crippen LogP contribution >= 0.6 is 11.6 Å². The van der Waals surface area contributed by atoms with Crippen molar-refractivity contribution in [3.63, 3.8) is 0 Å². The van der Waals surface area contributed by atoms with Crippen molar-refractivity contribution in [2.45, 2.75) is 33.6 Å². The van der Waals surface area contributed by atoms with E-state index in [-0.39, 0.29) is 5.88 Å². The van der Waals surface area contributed by atoms with Gasteiger partial charge in [-0.1, -0.05) is 31.5 Å². The molecule has 4 nitrogen and oxygen atoms in total. The van der Waals surface area contributed by atoms with Crippen LogP contribution in [0.4, 0.5) is 0 Å². The van der Waals surface area contributed by atoms with Crippen LogP contribution in [0.3, 0.4) is 0 Å². The highest BCUT2D eigenvalue weighted by molar-refractivity contribution is 6.32. The summed E-state index contributed by atoms with van der Waals surface area (Å²) in [6, 6.07) is 7.63. The average molecular weight is 302 g/mol. The maximum absolute atomic E-state index is 9.42. The second-order valence-corrected chi connectivity index (χ2v) is 5.07. The fourth-order valence-electron chi connectivity index (χ4n) is 2.13. The lowest BCUT2D eigenvalue weighted by Crippen LogP contribution is -2.05. The van der Waals surface area contributed by atoms with Gasteiger partial charge in [-0.25, -0.2) is 0 Å². The van der Waals surface area contributed by atoms with Crippen LogP contribution in [0, 0.1) is 18.3 Å². The predicted molar refractivity (Wildman–Crippen MR) is 81.8 cm³/mol. The molecule has 0 N–H and O–H groups in total. The van der Waals surface area contributed by atoms with Gasteiger partial charge in [-0.2, -0.15) is 10.4 Å². The maximum atomic E-state index is 9.42. The number of ether oxygens (including phenoxy) is 1. The molecule has 2 aromatic rings. The molecule has 0 fully saturated rings. The standard InChI is InChI=1S/C16H16ClN3O/c1-4-11-12(9-18)16(20-19-14(11)5-2)21-15-8-10(3)6-7-13(15)17/h6-8H,4-5H2,1-3H3. The van der Waals surface area contributed by atoms with Crippen molar-refractivity contribution in [3.05, 3.63) is 45.6 Å². The van der Waals surface area contributed by atoms with Gasteiger partial charge in [0, 0.05) is 0 Å². The van der Waals surface area contributed by atoms with Gasteiger partial charge < -0.3 is 4.74 Å². The maximum Gasteiger partial charge on any atom is 0.257 e. The topological polar surface area (TPSA) is 58.8 Å². The number of halogens is 1. The lowest BCUT2D eigenvalue weighted by atomic mass is 10.0. The van der Waals surface area contributed by atoms with Crippen LogP contribution in [0.2, 0.25) is 5.02 Å². The summed E-state index contributed by atoms with van der Waals surface area (Å²) < 4.78 is 5.73. The van der Waals surface area contributed by atoms with Gasteiger partial charge in [0.1, 0.15) is 17.4 Å². The Morgan fingerprint density at radius 2 is 2.00 bits per heavy atom. The normalized spacial score (nSPS) is 10.2. The molecule has 0 saturated heterocycles. The molecule has 0 amide bonds. The molecule has 0 aliphatic carbocycles. The first-order valence-electron chi connectivity index (χ1n) is 6.83. The quantitative estimate of drug-likeness (QED) is 0.848. The zero-order valence-corrected chi connectivity index (χ0v) is 13.0. The zero-order valence-electron chi connectivity index (χ0n) is 12.3. The molecule has 1 heterocycles. The molecule has 0 saturated carbocycles. The van der Waals surface area contributed by atoms with E-state index in [9.17, 15) is 5.26 Å². The second-order valence-electron chi connectivity index (χ2n) is 4.66. The molecule has 0 aliphatic heterocycles. The van der Waals surface area contributed by atoms with Gasteiger partial charge in [-0.15, -0.1) is 5.10 Å². The second kappa shape index (κ2) is 6.55. The van der Waals surface area contributed by atoms with Crippen molar-refractivity contribution in [1.29, 1.82) is 5.26 Å². The van der Waals surface area contributed by atoms with Gasteiger partial charge >= 0.3 is 0 Å². The smallest absolute Gasteiger partial charge is 0.257 e. The van der Waals surface area contributed by atoms with Gasteiger partial charge in [0.15, 0.2) is 0 Å². The van der Waals surface area contributed by atoms with E-state index in [1.54, 1.807) is 6.07 Å². The molecule has 0 radical (unpaired) electrons. The van der Waals surface area contributed by atoms with Crippen LogP contribution in [-0.2, 0) is 12.8 Å². The van der Waals surface area contributed by atoms with Gasteiger partial charge in [-0.05, 0) is 43.0 Å². The minimum absolute atomic E-state index is 0.207. The number of nitrogens with zero attached hydrogens (tertiary/aromatic N) is 3. The van der Waals surface area contributed by atoms with Gasteiger partial charge in [0.2, 0.25) is 0 Å². The van der Waals surface area contributed by atoms with E-state index in [0.29, 0.717) is 22.8 Å². The number of aromatic nitrogens is 2. The number of rotatable bonds is 4. The summed E-state index contributed by atoms with van der Waals surface area (Å²) in [5.41, 5.74) is 3.16. The summed E-state index contributed by atoms with van der Waals surface area (Å²) in [6.45, 7) is 5.92. The van der Waals surface area contributed by atoms with E-state index >= 15 is 0 Å². The molecule has 0 atom stereocenters. The number of hydrogen-bond acceptors (Lipinski definition) is 4. The first-order valence-corrected chi connectivity index (χ1v) is 7.21. The van der Waals surface area contributed by atoms with Crippen LogP contribution in [0.15, 0.2) is 18.2 Å². The van der Waals surface area contributed by atoms with Crippen LogP contribution in [0.1, 0.15) is 36.2 Å². The van der Waals surface area contributed by atoms with Crippen LogP contribution in [-0.4, -0.2) is 10.2 Å². The average Bonchev–Trinajstić information content (AvgIpc) is 2.50. The van der Waals surface area contributed by atoms with E-state index < -0.39 is 0 Å². The number of nitriles is 1. The molecule has 1 aromatic heterocycles. The van der Waals surface area contributed by atoms with Gasteiger partial charge in [0.05, 0.1) is 10.7 Å². The highest BCUT2D eigenvalue weighted by atomic mass is 35.5. The first-order chi connectivity index (χ1) is 10.1. The molecule has 5 heteroatoms. The Bertz CT molecular complexity index is 707. The summed E-state index contributed by atoms with van der Waals surface area (Å²) in [4.78, 5) is 0. The Kier molecular flexibility index (Phi) is 4.77. The molecule has 1 aromatic carbocycles. The Morgan fingerprint density at radius 3 is 2.62 bits per heavy atom. The molecule has 2 rings (SSSR count). The van der Waals surface area contributed by atoms with Crippen molar-refractivity contribution in [2.75, 3.05) is 0 Å². The van der Waals surface area contributed by atoms with Crippen molar-refractivity contribution in [2.24, 2.45) is 0 Å². The third kappa shape index (κ3) is 3.14. The first kappa shape index (κ1) is 15.3. The highest BCUT2D eigenvalue weighted by Crippen LogP contribution is 2.32. The lowest BCUT2D eigenvalue weighted by Gasteiger charge is -2.12. The fraction of sp³-hybridized carbons (Fsp3) is 0.312. The van der Waals surface area contributed by atoms with Crippen molar-refractivity contribution >= 4 is 11.6 Å².